The summed E-state index contributed by atoms with van der Waals surface area (Å²) in [5, 5.41) is 10.4. The molecule has 1 rings (SSSR count). The van der Waals surface area contributed by atoms with Crippen LogP contribution >= 0.6 is 24.2 Å². The summed E-state index contributed by atoms with van der Waals surface area (Å²) < 4.78 is 5.12. The van der Waals surface area contributed by atoms with Crippen molar-refractivity contribution in [3.05, 3.63) is 28.8 Å². The molecule has 0 aromatic heterocycles. The van der Waals surface area contributed by atoms with Crippen molar-refractivity contribution in [2.75, 3.05) is 12.9 Å². The standard InChI is InChI=1S/C10H13ClO2S/c1-13-10-3-2-7(11)6-8(10)9(12)4-5-14/h2-3,6,9,12,14H,4-5H2,1H3. The Morgan fingerprint density at radius 2 is 2.29 bits per heavy atom. The van der Waals surface area contributed by atoms with Gasteiger partial charge in [0.2, 0.25) is 0 Å². The van der Waals surface area contributed by atoms with E-state index in [1.807, 2.05) is 0 Å². The summed E-state index contributed by atoms with van der Waals surface area (Å²) in [6, 6.07) is 5.20. The first-order chi connectivity index (χ1) is 6.69. The average Bonchev–Trinajstić information content (AvgIpc) is 2.18. The quantitative estimate of drug-likeness (QED) is 0.782. The lowest BCUT2D eigenvalue weighted by Gasteiger charge is -2.13. The second kappa shape index (κ2) is 5.49. The molecule has 1 atom stereocenters. The monoisotopic (exact) mass is 232 g/mol. The zero-order valence-corrected chi connectivity index (χ0v) is 9.55. The SMILES string of the molecule is COc1ccc(Cl)cc1C(O)CCS. The van der Waals surface area contributed by atoms with Crippen LogP contribution in [0.1, 0.15) is 18.1 Å². The normalized spacial score (nSPS) is 12.6. The number of rotatable bonds is 4. The number of aliphatic hydroxyl groups excluding tert-OH is 1. The van der Waals surface area contributed by atoms with Gasteiger partial charge in [0, 0.05) is 10.6 Å². The molecule has 1 aromatic rings. The lowest BCUT2D eigenvalue weighted by Crippen LogP contribution is -2.01. The van der Waals surface area contributed by atoms with Gasteiger partial charge >= 0.3 is 0 Å². The summed E-state index contributed by atoms with van der Waals surface area (Å²) in [6.07, 6.45) is 0.0148. The smallest absolute Gasteiger partial charge is 0.124 e. The van der Waals surface area contributed by atoms with Crippen LogP contribution in [0.5, 0.6) is 5.75 Å². The highest BCUT2D eigenvalue weighted by atomic mass is 35.5. The summed E-state index contributed by atoms with van der Waals surface area (Å²) in [7, 11) is 1.57. The molecule has 0 radical (unpaired) electrons. The van der Waals surface area contributed by atoms with Crippen molar-refractivity contribution >= 4 is 24.2 Å². The Kier molecular flexibility index (Phi) is 4.58. The van der Waals surface area contributed by atoms with Gasteiger partial charge in [-0.25, -0.2) is 0 Å². The zero-order valence-electron chi connectivity index (χ0n) is 7.90. The fourth-order valence-electron chi connectivity index (χ4n) is 1.24. The van der Waals surface area contributed by atoms with Crippen LogP contribution in [0.25, 0.3) is 0 Å². The molecular weight excluding hydrogens is 220 g/mol. The Morgan fingerprint density at radius 3 is 2.86 bits per heavy atom. The summed E-state index contributed by atoms with van der Waals surface area (Å²) in [5.74, 6) is 1.28. The molecule has 2 nitrogen and oxygen atoms in total. The molecule has 0 fully saturated rings. The van der Waals surface area contributed by atoms with Crippen molar-refractivity contribution in [1.82, 2.24) is 0 Å². The Morgan fingerprint density at radius 1 is 1.57 bits per heavy atom. The van der Waals surface area contributed by atoms with Crippen molar-refractivity contribution in [2.24, 2.45) is 0 Å². The molecule has 0 bridgehead atoms. The van der Waals surface area contributed by atoms with Gasteiger partial charge < -0.3 is 9.84 Å². The van der Waals surface area contributed by atoms with E-state index in [2.05, 4.69) is 12.6 Å². The molecule has 1 unspecified atom stereocenters. The second-order valence-electron chi connectivity index (χ2n) is 2.91. The number of thiol groups is 1. The molecule has 0 aliphatic rings. The highest BCUT2D eigenvalue weighted by Crippen LogP contribution is 2.29. The van der Waals surface area contributed by atoms with Gasteiger partial charge in [0.1, 0.15) is 5.75 Å². The van der Waals surface area contributed by atoms with E-state index in [9.17, 15) is 5.11 Å². The van der Waals surface area contributed by atoms with Gasteiger partial charge in [0.25, 0.3) is 0 Å². The number of benzene rings is 1. The van der Waals surface area contributed by atoms with Gasteiger partial charge in [0.05, 0.1) is 13.2 Å². The minimum atomic E-state index is -0.568. The third-order valence-corrected chi connectivity index (χ3v) is 2.45. The summed E-state index contributed by atoms with van der Waals surface area (Å²) >= 11 is 9.90. The molecule has 0 aliphatic carbocycles. The van der Waals surface area contributed by atoms with Gasteiger partial charge in [-0.15, -0.1) is 0 Å². The van der Waals surface area contributed by atoms with Crippen molar-refractivity contribution in [2.45, 2.75) is 12.5 Å². The van der Waals surface area contributed by atoms with Crippen molar-refractivity contribution in [3.8, 4) is 5.75 Å². The first-order valence-electron chi connectivity index (χ1n) is 4.31. The number of halogens is 1. The van der Waals surface area contributed by atoms with Crippen LogP contribution in [0.15, 0.2) is 18.2 Å². The average molecular weight is 233 g/mol. The van der Waals surface area contributed by atoms with Gasteiger partial charge in [0.15, 0.2) is 0 Å². The minimum absolute atomic E-state index is 0.568. The predicted molar refractivity (Wildman–Crippen MR) is 61.4 cm³/mol. The van der Waals surface area contributed by atoms with E-state index >= 15 is 0 Å². The molecule has 1 aromatic carbocycles. The predicted octanol–water partition coefficient (Wildman–Crippen LogP) is 2.70. The number of hydrogen-bond donors (Lipinski definition) is 2. The topological polar surface area (TPSA) is 29.5 Å². The van der Waals surface area contributed by atoms with E-state index < -0.39 is 6.10 Å². The van der Waals surface area contributed by atoms with Gasteiger partial charge in [-0.3, -0.25) is 0 Å². The Bertz CT molecular complexity index is 304. The summed E-state index contributed by atoms with van der Waals surface area (Å²) in [5.41, 5.74) is 0.717. The Labute approximate surface area is 94.3 Å². The molecule has 0 saturated carbocycles. The molecule has 0 amide bonds. The molecule has 1 N–H and O–H groups in total. The van der Waals surface area contributed by atoms with Crippen LogP contribution in [0, 0.1) is 0 Å². The van der Waals surface area contributed by atoms with Crippen LogP contribution in [-0.2, 0) is 0 Å². The molecule has 0 spiro atoms. The van der Waals surface area contributed by atoms with E-state index in [0.717, 1.165) is 0 Å². The Balaban J connectivity index is 2.97. The van der Waals surface area contributed by atoms with E-state index in [0.29, 0.717) is 28.5 Å². The van der Waals surface area contributed by atoms with Crippen molar-refractivity contribution < 1.29 is 9.84 Å². The number of hydrogen-bond acceptors (Lipinski definition) is 3. The number of methoxy groups -OCH3 is 1. The van der Waals surface area contributed by atoms with Crippen LogP contribution in [0.4, 0.5) is 0 Å². The number of aliphatic hydroxyl groups is 1. The summed E-state index contributed by atoms with van der Waals surface area (Å²) in [6.45, 7) is 0. The third-order valence-electron chi connectivity index (χ3n) is 1.95. The van der Waals surface area contributed by atoms with Crippen molar-refractivity contribution in [1.29, 1.82) is 0 Å². The molecule has 4 heteroatoms. The molecule has 0 aliphatic heterocycles. The van der Waals surface area contributed by atoms with E-state index in [-0.39, 0.29) is 0 Å². The highest BCUT2D eigenvalue weighted by molar-refractivity contribution is 7.80. The number of ether oxygens (including phenoxy) is 1. The van der Waals surface area contributed by atoms with E-state index in [1.54, 1.807) is 25.3 Å². The molecule has 0 saturated heterocycles. The van der Waals surface area contributed by atoms with E-state index in [4.69, 9.17) is 16.3 Å². The van der Waals surface area contributed by atoms with Crippen LogP contribution in [-0.4, -0.2) is 18.0 Å². The molecule has 14 heavy (non-hydrogen) atoms. The van der Waals surface area contributed by atoms with Crippen molar-refractivity contribution in [3.63, 3.8) is 0 Å². The van der Waals surface area contributed by atoms with Crippen LogP contribution in [0.3, 0.4) is 0 Å². The zero-order chi connectivity index (χ0) is 10.6. The van der Waals surface area contributed by atoms with Crippen LogP contribution in [0.2, 0.25) is 5.02 Å². The highest BCUT2D eigenvalue weighted by Gasteiger charge is 2.12. The van der Waals surface area contributed by atoms with Gasteiger partial charge in [-0.1, -0.05) is 11.6 Å². The maximum atomic E-state index is 9.77. The van der Waals surface area contributed by atoms with Gasteiger partial charge in [-0.05, 0) is 30.4 Å². The molecule has 0 heterocycles. The fraction of sp³-hybridized carbons (Fsp3) is 0.400. The van der Waals surface area contributed by atoms with E-state index in [1.165, 1.54) is 0 Å². The lowest BCUT2D eigenvalue weighted by atomic mass is 10.1. The second-order valence-corrected chi connectivity index (χ2v) is 3.80. The largest absolute Gasteiger partial charge is 0.496 e. The first kappa shape index (κ1) is 11.7. The van der Waals surface area contributed by atoms with Gasteiger partial charge in [-0.2, -0.15) is 12.6 Å². The first-order valence-corrected chi connectivity index (χ1v) is 5.32. The maximum absolute atomic E-state index is 9.77. The lowest BCUT2D eigenvalue weighted by molar-refractivity contribution is 0.171. The maximum Gasteiger partial charge on any atom is 0.124 e. The molecular formula is C10H13ClO2S. The Hall–Kier alpha value is -0.380. The molecule has 78 valence electrons. The summed E-state index contributed by atoms with van der Waals surface area (Å²) in [4.78, 5) is 0. The van der Waals surface area contributed by atoms with Crippen LogP contribution < -0.4 is 4.74 Å². The minimum Gasteiger partial charge on any atom is -0.496 e. The fourth-order valence-corrected chi connectivity index (χ4v) is 1.67. The third kappa shape index (κ3) is 2.80.